The summed E-state index contributed by atoms with van der Waals surface area (Å²) in [5.74, 6) is 1.43. The molecule has 4 rings (SSSR count). The largest absolute Gasteiger partial charge is 0.272 e. The van der Waals surface area contributed by atoms with Crippen LogP contribution in [0.1, 0.15) is 45.0 Å². The van der Waals surface area contributed by atoms with E-state index in [-0.39, 0.29) is 5.41 Å². The van der Waals surface area contributed by atoms with E-state index in [9.17, 15) is 0 Å². The standard InChI is InChI=1S/C19H23ClN6O/c1-19(2,3)18-21-16-15(17(22-18)26-10-6-7-11-27-26)23-24-25(16)12-13-8-4-5-9-14(13)20/h4-5,8-9H,6-7,10-12H2,1-3H3. The van der Waals surface area contributed by atoms with E-state index in [1.807, 2.05) is 29.3 Å². The summed E-state index contributed by atoms with van der Waals surface area (Å²) in [6.45, 7) is 8.25. The number of benzene rings is 1. The topological polar surface area (TPSA) is 69.0 Å². The van der Waals surface area contributed by atoms with Gasteiger partial charge in [-0.1, -0.05) is 55.8 Å². The van der Waals surface area contributed by atoms with E-state index >= 15 is 0 Å². The first kappa shape index (κ1) is 18.1. The molecule has 0 atom stereocenters. The van der Waals surface area contributed by atoms with Gasteiger partial charge in [0, 0.05) is 17.0 Å². The summed E-state index contributed by atoms with van der Waals surface area (Å²) < 4.78 is 1.78. The zero-order valence-corrected chi connectivity index (χ0v) is 16.6. The number of halogens is 1. The van der Waals surface area contributed by atoms with Crippen LogP contribution in [0.3, 0.4) is 0 Å². The monoisotopic (exact) mass is 386 g/mol. The van der Waals surface area contributed by atoms with Crippen LogP contribution in [-0.4, -0.2) is 38.1 Å². The lowest BCUT2D eigenvalue weighted by Crippen LogP contribution is -2.32. The van der Waals surface area contributed by atoms with Crippen molar-refractivity contribution in [2.24, 2.45) is 0 Å². The lowest BCUT2D eigenvalue weighted by atomic mass is 9.96. The molecule has 0 N–H and O–H groups in total. The normalized spacial score (nSPS) is 15.5. The lowest BCUT2D eigenvalue weighted by molar-refractivity contribution is 0.0765. The molecule has 1 fully saturated rings. The number of fused-ring (bicyclic) bond motifs is 1. The third-order valence-electron chi connectivity index (χ3n) is 4.53. The second-order valence-electron chi connectivity index (χ2n) is 7.77. The summed E-state index contributed by atoms with van der Waals surface area (Å²) in [5.41, 5.74) is 2.10. The van der Waals surface area contributed by atoms with Crippen LogP contribution in [0.4, 0.5) is 5.82 Å². The van der Waals surface area contributed by atoms with E-state index in [1.54, 1.807) is 4.68 Å². The summed E-state index contributed by atoms with van der Waals surface area (Å²) in [6, 6.07) is 7.73. The van der Waals surface area contributed by atoms with Crippen LogP contribution in [-0.2, 0) is 16.8 Å². The molecule has 7 nitrogen and oxygen atoms in total. The average Bonchev–Trinajstić information content (AvgIpc) is 3.06. The number of nitrogens with zero attached hydrogens (tertiary/aromatic N) is 6. The van der Waals surface area contributed by atoms with E-state index in [0.717, 1.165) is 30.8 Å². The third kappa shape index (κ3) is 3.61. The number of hydroxylamine groups is 1. The molecule has 1 saturated heterocycles. The molecule has 27 heavy (non-hydrogen) atoms. The molecule has 1 aromatic carbocycles. The SMILES string of the molecule is CC(C)(C)c1nc(N2CCCCO2)c2nnn(Cc3ccccc3Cl)c2n1. The van der Waals surface area contributed by atoms with Gasteiger partial charge in [-0.2, -0.15) is 0 Å². The summed E-state index contributed by atoms with van der Waals surface area (Å²) in [6.07, 6.45) is 2.11. The predicted molar refractivity (Wildman–Crippen MR) is 105 cm³/mol. The van der Waals surface area contributed by atoms with Crippen molar-refractivity contribution >= 4 is 28.6 Å². The minimum Gasteiger partial charge on any atom is -0.272 e. The Hall–Kier alpha value is -2.25. The second-order valence-corrected chi connectivity index (χ2v) is 8.18. The average molecular weight is 387 g/mol. The second kappa shape index (κ2) is 7.05. The van der Waals surface area contributed by atoms with Gasteiger partial charge in [0.25, 0.3) is 0 Å². The molecule has 3 heterocycles. The fourth-order valence-corrected chi connectivity index (χ4v) is 3.21. The Labute approximate surface area is 163 Å². The van der Waals surface area contributed by atoms with Crippen molar-refractivity contribution in [2.45, 2.75) is 45.6 Å². The first-order valence-electron chi connectivity index (χ1n) is 9.19. The Balaban J connectivity index is 1.83. The quantitative estimate of drug-likeness (QED) is 0.682. The van der Waals surface area contributed by atoms with E-state index < -0.39 is 0 Å². The molecule has 0 spiro atoms. The molecule has 142 valence electrons. The highest BCUT2D eigenvalue weighted by Gasteiger charge is 2.26. The van der Waals surface area contributed by atoms with Gasteiger partial charge < -0.3 is 0 Å². The molecule has 0 radical (unpaired) electrons. The third-order valence-corrected chi connectivity index (χ3v) is 4.90. The van der Waals surface area contributed by atoms with E-state index in [0.29, 0.717) is 35.2 Å². The lowest BCUT2D eigenvalue weighted by Gasteiger charge is -2.28. The molecule has 0 bridgehead atoms. The molecule has 0 aliphatic carbocycles. The fourth-order valence-electron chi connectivity index (χ4n) is 3.01. The van der Waals surface area contributed by atoms with Crippen molar-refractivity contribution in [3.05, 3.63) is 40.7 Å². The maximum Gasteiger partial charge on any atom is 0.186 e. The van der Waals surface area contributed by atoms with E-state index in [1.165, 1.54) is 0 Å². The molecule has 2 aromatic heterocycles. The van der Waals surface area contributed by atoms with Crippen LogP contribution in [0, 0.1) is 0 Å². The predicted octanol–water partition coefficient (Wildman–Crippen LogP) is 3.75. The van der Waals surface area contributed by atoms with E-state index in [2.05, 4.69) is 31.1 Å². The summed E-state index contributed by atoms with van der Waals surface area (Å²) >= 11 is 6.33. The Morgan fingerprint density at radius 3 is 2.67 bits per heavy atom. The van der Waals surface area contributed by atoms with Crippen LogP contribution >= 0.6 is 11.6 Å². The van der Waals surface area contributed by atoms with Gasteiger partial charge in [-0.05, 0) is 24.5 Å². The highest BCUT2D eigenvalue weighted by Crippen LogP contribution is 2.29. The zero-order valence-electron chi connectivity index (χ0n) is 15.8. The summed E-state index contributed by atoms with van der Waals surface area (Å²) in [7, 11) is 0. The molecule has 1 aliphatic heterocycles. The maximum absolute atomic E-state index is 6.33. The summed E-state index contributed by atoms with van der Waals surface area (Å²) in [5, 5.41) is 11.2. The van der Waals surface area contributed by atoms with Crippen molar-refractivity contribution in [1.29, 1.82) is 0 Å². The molecule has 1 aliphatic rings. The van der Waals surface area contributed by atoms with Crippen LogP contribution in [0.5, 0.6) is 0 Å². The van der Waals surface area contributed by atoms with Gasteiger partial charge in [-0.25, -0.2) is 19.7 Å². The van der Waals surface area contributed by atoms with Gasteiger partial charge in [0.15, 0.2) is 17.0 Å². The zero-order chi connectivity index (χ0) is 19.0. The molecule has 0 unspecified atom stereocenters. The molecule has 8 heteroatoms. The molecule has 0 amide bonds. The van der Waals surface area contributed by atoms with Crippen LogP contribution in [0.25, 0.3) is 11.2 Å². The highest BCUT2D eigenvalue weighted by molar-refractivity contribution is 6.31. The van der Waals surface area contributed by atoms with Gasteiger partial charge in [0.05, 0.1) is 13.2 Å². The summed E-state index contributed by atoms with van der Waals surface area (Å²) in [4.78, 5) is 15.4. The Bertz CT molecular complexity index is 958. The van der Waals surface area contributed by atoms with Gasteiger partial charge in [0.2, 0.25) is 0 Å². The molecular formula is C19H23ClN6O. The number of hydrogen-bond donors (Lipinski definition) is 0. The number of anilines is 1. The van der Waals surface area contributed by atoms with Crippen LogP contribution < -0.4 is 5.06 Å². The molecule has 3 aromatic rings. The fraction of sp³-hybridized carbons (Fsp3) is 0.474. The van der Waals surface area contributed by atoms with Crippen molar-refractivity contribution in [2.75, 3.05) is 18.2 Å². The van der Waals surface area contributed by atoms with Crippen molar-refractivity contribution < 1.29 is 4.84 Å². The number of rotatable bonds is 3. The van der Waals surface area contributed by atoms with Gasteiger partial charge in [-0.3, -0.25) is 4.84 Å². The first-order chi connectivity index (χ1) is 12.9. The Morgan fingerprint density at radius 2 is 1.96 bits per heavy atom. The van der Waals surface area contributed by atoms with Gasteiger partial charge in [-0.15, -0.1) is 5.10 Å². The van der Waals surface area contributed by atoms with Gasteiger partial charge in [0.1, 0.15) is 5.82 Å². The highest BCUT2D eigenvalue weighted by atomic mass is 35.5. The van der Waals surface area contributed by atoms with Gasteiger partial charge >= 0.3 is 0 Å². The first-order valence-corrected chi connectivity index (χ1v) is 9.57. The van der Waals surface area contributed by atoms with Crippen molar-refractivity contribution in [3.8, 4) is 0 Å². The van der Waals surface area contributed by atoms with Crippen LogP contribution in [0.2, 0.25) is 5.02 Å². The minimum atomic E-state index is -0.210. The molecular weight excluding hydrogens is 364 g/mol. The maximum atomic E-state index is 6.33. The number of aromatic nitrogens is 5. The minimum absolute atomic E-state index is 0.210. The number of hydrogen-bond acceptors (Lipinski definition) is 6. The van der Waals surface area contributed by atoms with Crippen molar-refractivity contribution in [3.63, 3.8) is 0 Å². The Kier molecular flexibility index (Phi) is 4.74. The smallest absolute Gasteiger partial charge is 0.186 e. The van der Waals surface area contributed by atoms with E-state index in [4.69, 9.17) is 26.4 Å². The molecule has 0 saturated carbocycles. The van der Waals surface area contributed by atoms with Crippen LogP contribution in [0.15, 0.2) is 24.3 Å². The Morgan fingerprint density at radius 1 is 1.15 bits per heavy atom. The van der Waals surface area contributed by atoms with Crippen molar-refractivity contribution in [1.82, 2.24) is 25.0 Å².